The van der Waals surface area contributed by atoms with Crippen molar-refractivity contribution in [3.8, 4) is 5.75 Å². The highest BCUT2D eigenvalue weighted by Crippen LogP contribution is 2.24. The Morgan fingerprint density at radius 3 is 2.65 bits per heavy atom. The van der Waals surface area contributed by atoms with Crippen molar-refractivity contribution >= 4 is 23.2 Å². The molecule has 0 aliphatic carbocycles. The molecule has 0 aliphatic heterocycles. The lowest BCUT2D eigenvalue weighted by Crippen LogP contribution is -2.12. The maximum absolute atomic E-state index is 12.2. The van der Waals surface area contributed by atoms with E-state index in [1.807, 2.05) is 18.2 Å². The molecule has 0 fully saturated rings. The van der Waals surface area contributed by atoms with E-state index in [2.05, 4.69) is 12.2 Å². The van der Waals surface area contributed by atoms with Gasteiger partial charge in [-0.2, -0.15) is 0 Å². The molecule has 1 amide bonds. The Bertz CT molecular complexity index is 626. The largest absolute Gasteiger partial charge is 0.496 e. The number of aryl methyl sites for hydroxylation is 1. The van der Waals surface area contributed by atoms with Crippen LogP contribution >= 0.6 is 11.6 Å². The van der Waals surface area contributed by atoms with Crippen molar-refractivity contribution in [2.75, 3.05) is 12.4 Å². The summed E-state index contributed by atoms with van der Waals surface area (Å²) in [4.78, 5) is 12.2. The molecule has 2 aromatic rings. The number of ether oxygens (including phenoxy) is 1. The fourth-order valence-electron chi connectivity index (χ4n) is 1.96. The van der Waals surface area contributed by atoms with Gasteiger partial charge in [-0.25, -0.2) is 0 Å². The Hall–Kier alpha value is -2.00. The van der Waals surface area contributed by atoms with Crippen LogP contribution in [0, 0.1) is 0 Å². The van der Waals surface area contributed by atoms with Crippen molar-refractivity contribution < 1.29 is 9.53 Å². The topological polar surface area (TPSA) is 38.3 Å². The second-order valence-electron chi connectivity index (χ2n) is 4.31. The highest BCUT2D eigenvalue weighted by atomic mass is 35.5. The van der Waals surface area contributed by atoms with Gasteiger partial charge in [-0.15, -0.1) is 0 Å². The molecule has 0 heterocycles. The molecular formula is C16H16ClNO2. The number of carbonyl (C=O) groups is 1. The zero-order valence-corrected chi connectivity index (χ0v) is 12.2. The highest BCUT2D eigenvalue weighted by Gasteiger charge is 2.11. The monoisotopic (exact) mass is 289 g/mol. The summed E-state index contributed by atoms with van der Waals surface area (Å²) in [5.41, 5.74) is 2.24. The highest BCUT2D eigenvalue weighted by molar-refractivity contribution is 6.34. The lowest BCUT2D eigenvalue weighted by molar-refractivity contribution is 0.102. The number of methoxy groups -OCH3 is 1. The van der Waals surface area contributed by atoms with Crippen LogP contribution in [0.15, 0.2) is 42.5 Å². The minimum absolute atomic E-state index is 0.234. The normalized spacial score (nSPS) is 10.2. The molecule has 0 unspecified atom stereocenters. The number of amides is 1. The third kappa shape index (κ3) is 3.11. The zero-order valence-electron chi connectivity index (χ0n) is 11.4. The van der Waals surface area contributed by atoms with Crippen LogP contribution in [0.1, 0.15) is 22.8 Å². The Labute approximate surface area is 123 Å². The molecule has 0 bridgehead atoms. The molecule has 2 rings (SSSR count). The van der Waals surface area contributed by atoms with Crippen LogP contribution < -0.4 is 10.1 Å². The number of rotatable bonds is 4. The number of hydrogen-bond acceptors (Lipinski definition) is 2. The first kappa shape index (κ1) is 14.4. The van der Waals surface area contributed by atoms with E-state index >= 15 is 0 Å². The number of hydrogen-bond donors (Lipinski definition) is 1. The van der Waals surface area contributed by atoms with E-state index in [4.69, 9.17) is 16.3 Å². The van der Waals surface area contributed by atoms with Gasteiger partial charge >= 0.3 is 0 Å². The molecule has 20 heavy (non-hydrogen) atoms. The van der Waals surface area contributed by atoms with Crippen molar-refractivity contribution in [2.45, 2.75) is 13.3 Å². The van der Waals surface area contributed by atoms with E-state index in [-0.39, 0.29) is 5.91 Å². The minimum Gasteiger partial charge on any atom is -0.496 e. The van der Waals surface area contributed by atoms with Crippen molar-refractivity contribution in [3.05, 3.63) is 58.6 Å². The van der Waals surface area contributed by atoms with Crippen LogP contribution in [-0.2, 0) is 6.42 Å². The van der Waals surface area contributed by atoms with Crippen LogP contribution in [0.2, 0.25) is 5.02 Å². The molecule has 3 nitrogen and oxygen atoms in total. The lowest BCUT2D eigenvalue weighted by atomic mass is 10.1. The summed E-state index contributed by atoms with van der Waals surface area (Å²) in [6.07, 6.45) is 0.877. The third-order valence-corrected chi connectivity index (χ3v) is 3.37. The number of nitrogens with one attached hydrogen (secondary N) is 1. The van der Waals surface area contributed by atoms with E-state index < -0.39 is 0 Å². The van der Waals surface area contributed by atoms with Crippen LogP contribution in [0.3, 0.4) is 0 Å². The van der Waals surface area contributed by atoms with E-state index in [1.54, 1.807) is 31.4 Å². The van der Waals surface area contributed by atoms with E-state index in [9.17, 15) is 4.79 Å². The fourth-order valence-corrected chi connectivity index (χ4v) is 2.18. The molecule has 0 atom stereocenters. The quantitative estimate of drug-likeness (QED) is 0.917. The van der Waals surface area contributed by atoms with Crippen LogP contribution in [0.5, 0.6) is 5.75 Å². The summed E-state index contributed by atoms with van der Waals surface area (Å²) < 4.78 is 5.31. The van der Waals surface area contributed by atoms with Crippen molar-refractivity contribution in [2.24, 2.45) is 0 Å². The predicted molar refractivity (Wildman–Crippen MR) is 81.8 cm³/mol. The van der Waals surface area contributed by atoms with Gasteiger partial charge in [0.2, 0.25) is 0 Å². The zero-order chi connectivity index (χ0) is 14.5. The van der Waals surface area contributed by atoms with Gasteiger partial charge in [-0.1, -0.05) is 36.7 Å². The van der Waals surface area contributed by atoms with Gasteiger partial charge in [0.15, 0.2) is 0 Å². The second-order valence-corrected chi connectivity index (χ2v) is 4.72. The molecule has 0 aromatic heterocycles. The minimum atomic E-state index is -0.234. The Kier molecular flexibility index (Phi) is 4.64. The first-order chi connectivity index (χ1) is 9.65. The van der Waals surface area contributed by atoms with Crippen LogP contribution in [0.4, 0.5) is 5.69 Å². The standard InChI is InChI=1S/C16H16ClNO2/c1-3-11-8-9-12(10-15(11)20-2)18-16(19)13-6-4-5-7-14(13)17/h4-10H,3H2,1-2H3,(H,18,19). The van der Waals surface area contributed by atoms with Gasteiger partial charge in [0.05, 0.1) is 17.7 Å². The van der Waals surface area contributed by atoms with Gasteiger partial charge in [0.25, 0.3) is 5.91 Å². The molecule has 4 heteroatoms. The van der Waals surface area contributed by atoms with Crippen LogP contribution in [0.25, 0.3) is 0 Å². The second kappa shape index (κ2) is 6.44. The lowest BCUT2D eigenvalue weighted by Gasteiger charge is -2.11. The first-order valence-corrected chi connectivity index (χ1v) is 6.76. The Balaban J connectivity index is 2.22. The molecule has 0 spiro atoms. The summed E-state index contributed by atoms with van der Waals surface area (Å²) in [6, 6.07) is 12.6. The maximum atomic E-state index is 12.2. The number of anilines is 1. The van der Waals surface area contributed by atoms with E-state index in [1.165, 1.54) is 0 Å². The van der Waals surface area contributed by atoms with E-state index in [0.29, 0.717) is 16.3 Å². The van der Waals surface area contributed by atoms with Gasteiger partial charge in [0.1, 0.15) is 5.75 Å². The average Bonchev–Trinajstić information content (AvgIpc) is 2.47. The molecule has 2 aromatic carbocycles. The number of benzene rings is 2. The predicted octanol–water partition coefficient (Wildman–Crippen LogP) is 4.16. The maximum Gasteiger partial charge on any atom is 0.257 e. The molecular weight excluding hydrogens is 274 g/mol. The molecule has 0 saturated carbocycles. The van der Waals surface area contributed by atoms with Crippen molar-refractivity contribution in [3.63, 3.8) is 0 Å². The summed E-state index contributed by atoms with van der Waals surface area (Å²) in [7, 11) is 1.62. The number of halogens is 1. The van der Waals surface area contributed by atoms with Crippen molar-refractivity contribution in [1.29, 1.82) is 0 Å². The molecule has 0 radical (unpaired) electrons. The molecule has 104 valence electrons. The van der Waals surface area contributed by atoms with E-state index in [0.717, 1.165) is 17.7 Å². The summed E-state index contributed by atoms with van der Waals surface area (Å²) >= 11 is 6.01. The van der Waals surface area contributed by atoms with Crippen molar-refractivity contribution in [1.82, 2.24) is 0 Å². The van der Waals surface area contributed by atoms with Gasteiger partial charge in [0, 0.05) is 11.8 Å². The van der Waals surface area contributed by atoms with Crippen LogP contribution in [-0.4, -0.2) is 13.0 Å². The molecule has 1 N–H and O–H groups in total. The van der Waals surface area contributed by atoms with Gasteiger partial charge < -0.3 is 10.1 Å². The SMILES string of the molecule is CCc1ccc(NC(=O)c2ccccc2Cl)cc1OC. The smallest absolute Gasteiger partial charge is 0.257 e. The summed E-state index contributed by atoms with van der Waals surface area (Å²) in [5, 5.41) is 3.25. The first-order valence-electron chi connectivity index (χ1n) is 6.38. The van der Waals surface area contributed by atoms with Gasteiger partial charge in [-0.05, 0) is 30.2 Å². The summed E-state index contributed by atoms with van der Waals surface area (Å²) in [6.45, 7) is 2.06. The Morgan fingerprint density at radius 1 is 1.25 bits per heavy atom. The fraction of sp³-hybridized carbons (Fsp3) is 0.188. The molecule has 0 aliphatic rings. The molecule has 0 saturated heterocycles. The Morgan fingerprint density at radius 2 is 2.00 bits per heavy atom. The van der Waals surface area contributed by atoms with Gasteiger partial charge in [-0.3, -0.25) is 4.79 Å². The third-order valence-electron chi connectivity index (χ3n) is 3.04. The average molecular weight is 290 g/mol. The number of carbonyl (C=O) groups excluding carboxylic acids is 1. The summed E-state index contributed by atoms with van der Waals surface area (Å²) in [5.74, 6) is 0.534.